The molecule has 0 spiro atoms. The minimum atomic E-state index is -0.407. The maximum Gasteiger partial charge on any atom is 0.272 e. The molecule has 0 radical (unpaired) electrons. The fourth-order valence-electron chi connectivity index (χ4n) is 2.13. The molecule has 1 aromatic heterocycles. The first-order valence-electron chi connectivity index (χ1n) is 6.48. The summed E-state index contributed by atoms with van der Waals surface area (Å²) in [6.45, 7) is 1.69. The summed E-state index contributed by atoms with van der Waals surface area (Å²) in [7, 11) is 0. The smallest absolute Gasteiger partial charge is 0.259 e. The average Bonchev–Trinajstić information content (AvgIpc) is 2.97. The van der Waals surface area contributed by atoms with Crippen molar-refractivity contribution in [3.63, 3.8) is 0 Å². The highest BCUT2D eigenvalue weighted by molar-refractivity contribution is 6.30. The molecule has 1 N–H and O–H groups in total. The van der Waals surface area contributed by atoms with Crippen molar-refractivity contribution in [3.05, 3.63) is 63.2 Å². The van der Waals surface area contributed by atoms with Gasteiger partial charge < -0.3 is 0 Å². The van der Waals surface area contributed by atoms with E-state index in [0.29, 0.717) is 22.2 Å². The number of hydrogen-bond acceptors (Lipinski definition) is 4. The van der Waals surface area contributed by atoms with Gasteiger partial charge in [0, 0.05) is 27.8 Å². The Labute approximate surface area is 130 Å². The Morgan fingerprint density at radius 3 is 2.45 bits per heavy atom. The monoisotopic (exact) mass is 314 g/mol. The summed E-state index contributed by atoms with van der Waals surface area (Å²) in [5.41, 5.74) is 2.24. The zero-order valence-corrected chi connectivity index (χ0v) is 12.3. The lowest BCUT2D eigenvalue weighted by atomic mass is 10.1. The van der Waals surface area contributed by atoms with E-state index >= 15 is 0 Å². The molecule has 3 rings (SSSR count). The quantitative estimate of drug-likeness (QED) is 0.584. The van der Waals surface area contributed by atoms with Gasteiger partial charge in [0.15, 0.2) is 11.6 Å². The number of nitrogens with one attached hydrogen (secondary N) is 1. The first-order chi connectivity index (χ1) is 10.5. The summed E-state index contributed by atoms with van der Waals surface area (Å²) in [6.07, 6.45) is 0. The van der Waals surface area contributed by atoms with Crippen LogP contribution >= 0.6 is 11.6 Å². The molecule has 0 fully saturated rings. The SMILES string of the molecule is Cc1cc(-c2n[nH]c(-c3ccc(Cl)cc3)n2)ccc1[N+](=O)[O-]. The van der Waals surface area contributed by atoms with Crippen molar-refractivity contribution in [2.45, 2.75) is 6.92 Å². The molecule has 0 amide bonds. The Bertz CT molecular complexity index is 843. The second-order valence-electron chi connectivity index (χ2n) is 4.77. The molecule has 0 saturated carbocycles. The van der Waals surface area contributed by atoms with Crippen LogP contribution in [0.4, 0.5) is 5.69 Å². The summed E-state index contributed by atoms with van der Waals surface area (Å²) in [5.74, 6) is 1.10. The Kier molecular flexibility index (Phi) is 3.60. The van der Waals surface area contributed by atoms with Gasteiger partial charge >= 0.3 is 0 Å². The molecule has 110 valence electrons. The highest BCUT2D eigenvalue weighted by Crippen LogP contribution is 2.25. The predicted octanol–water partition coefficient (Wildman–Crippen LogP) is 4.01. The minimum absolute atomic E-state index is 0.0808. The fourth-order valence-corrected chi connectivity index (χ4v) is 2.25. The van der Waals surface area contributed by atoms with Gasteiger partial charge in [0.2, 0.25) is 0 Å². The van der Waals surface area contributed by atoms with Crippen LogP contribution in [0.3, 0.4) is 0 Å². The number of aryl methyl sites for hydroxylation is 1. The van der Waals surface area contributed by atoms with Gasteiger partial charge in [-0.2, -0.15) is 5.10 Å². The van der Waals surface area contributed by atoms with Gasteiger partial charge in [0.25, 0.3) is 5.69 Å². The maximum absolute atomic E-state index is 10.8. The van der Waals surface area contributed by atoms with E-state index in [1.165, 1.54) is 6.07 Å². The van der Waals surface area contributed by atoms with E-state index in [4.69, 9.17) is 11.6 Å². The molecule has 0 aliphatic carbocycles. The molecule has 0 atom stereocenters. The van der Waals surface area contributed by atoms with Crippen LogP contribution in [0.15, 0.2) is 42.5 Å². The van der Waals surface area contributed by atoms with Crippen LogP contribution in [0.25, 0.3) is 22.8 Å². The van der Waals surface area contributed by atoms with Crippen LogP contribution < -0.4 is 0 Å². The standard InChI is InChI=1S/C15H11ClN4O2/c1-9-8-11(4-7-13(9)20(21)22)15-17-14(18-19-15)10-2-5-12(16)6-3-10/h2-8H,1H3,(H,17,18,19). The van der Waals surface area contributed by atoms with Crippen LogP contribution in [-0.2, 0) is 0 Å². The molecule has 22 heavy (non-hydrogen) atoms. The zero-order chi connectivity index (χ0) is 15.7. The first-order valence-corrected chi connectivity index (χ1v) is 6.86. The summed E-state index contributed by atoms with van der Waals surface area (Å²) in [4.78, 5) is 14.9. The lowest BCUT2D eigenvalue weighted by Crippen LogP contribution is -1.92. The van der Waals surface area contributed by atoms with E-state index in [-0.39, 0.29) is 5.69 Å². The van der Waals surface area contributed by atoms with Crippen LogP contribution in [0.5, 0.6) is 0 Å². The van der Waals surface area contributed by atoms with E-state index in [9.17, 15) is 10.1 Å². The molecule has 1 heterocycles. The molecular formula is C15H11ClN4O2. The summed E-state index contributed by atoms with van der Waals surface area (Å²) < 4.78 is 0. The Balaban J connectivity index is 1.95. The third kappa shape index (κ3) is 2.68. The van der Waals surface area contributed by atoms with Gasteiger partial charge in [-0.3, -0.25) is 15.2 Å². The number of nitrogens with zero attached hydrogens (tertiary/aromatic N) is 3. The molecule has 0 saturated heterocycles. The Morgan fingerprint density at radius 2 is 1.82 bits per heavy atom. The van der Waals surface area contributed by atoms with Gasteiger partial charge in [0.05, 0.1) is 4.92 Å². The zero-order valence-electron chi connectivity index (χ0n) is 11.6. The summed E-state index contributed by atoms with van der Waals surface area (Å²) in [5, 5.41) is 18.5. The molecule has 7 heteroatoms. The number of rotatable bonds is 3. The molecule has 0 aliphatic rings. The third-order valence-corrected chi connectivity index (χ3v) is 3.51. The predicted molar refractivity (Wildman–Crippen MR) is 83.7 cm³/mol. The lowest BCUT2D eigenvalue weighted by Gasteiger charge is -1.99. The van der Waals surface area contributed by atoms with Crippen molar-refractivity contribution in [1.29, 1.82) is 0 Å². The van der Waals surface area contributed by atoms with Gasteiger partial charge in [-0.15, -0.1) is 0 Å². The van der Waals surface area contributed by atoms with E-state index in [1.807, 2.05) is 12.1 Å². The molecular weight excluding hydrogens is 304 g/mol. The second kappa shape index (κ2) is 5.57. The fraction of sp³-hybridized carbons (Fsp3) is 0.0667. The number of nitro benzene ring substituents is 1. The molecule has 0 aliphatic heterocycles. The van der Waals surface area contributed by atoms with Gasteiger partial charge in [-0.25, -0.2) is 4.98 Å². The lowest BCUT2D eigenvalue weighted by molar-refractivity contribution is -0.385. The van der Waals surface area contributed by atoms with Crippen molar-refractivity contribution >= 4 is 17.3 Å². The van der Waals surface area contributed by atoms with Crippen molar-refractivity contribution in [3.8, 4) is 22.8 Å². The maximum atomic E-state index is 10.8. The van der Waals surface area contributed by atoms with Crippen LogP contribution in [0.1, 0.15) is 5.56 Å². The molecule has 6 nitrogen and oxygen atoms in total. The number of nitro groups is 1. The van der Waals surface area contributed by atoms with E-state index in [1.54, 1.807) is 31.2 Å². The number of benzene rings is 2. The second-order valence-corrected chi connectivity index (χ2v) is 5.21. The average molecular weight is 315 g/mol. The summed E-state index contributed by atoms with van der Waals surface area (Å²) >= 11 is 5.86. The van der Waals surface area contributed by atoms with Crippen molar-refractivity contribution in [2.24, 2.45) is 0 Å². The van der Waals surface area contributed by atoms with Crippen molar-refractivity contribution < 1.29 is 4.92 Å². The molecule has 2 aromatic carbocycles. The van der Waals surface area contributed by atoms with Gasteiger partial charge in [0.1, 0.15) is 0 Å². The largest absolute Gasteiger partial charge is 0.272 e. The number of aromatic amines is 1. The first kappa shape index (κ1) is 14.2. The molecule has 0 unspecified atom stereocenters. The molecule has 3 aromatic rings. The number of hydrogen-bond donors (Lipinski definition) is 1. The van der Waals surface area contributed by atoms with Crippen molar-refractivity contribution in [2.75, 3.05) is 0 Å². The normalized spacial score (nSPS) is 10.6. The van der Waals surface area contributed by atoms with E-state index < -0.39 is 4.92 Å². The van der Waals surface area contributed by atoms with E-state index in [2.05, 4.69) is 15.2 Å². The van der Waals surface area contributed by atoms with Crippen molar-refractivity contribution in [1.82, 2.24) is 15.2 Å². The highest BCUT2D eigenvalue weighted by Gasteiger charge is 2.13. The third-order valence-electron chi connectivity index (χ3n) is 3.25. The van der Waals surface area contributed by atoms with Crippen LogP contribution in [-0.4, -0.2) is 20.1 Å². The number of H-pyrrole nitrogens is 1. The number of aromatic nitrogens is 3. The minimum Gasteiger partial charge on any atom is -0.259 e. The van der Waals surface area contributed by atoms with E-state index in [0.717, 1.165) is 11.1 Å². The Hall–Kier alpha value is -2.73. The topological polar surface area (TPSA) is 84.7 Å². The van der Waals surface area contributed by atoms with Gasteiger partial charge in [-0.05, 0) is 43.3 Å². The van der Waals surface area contributed by atoms with Crippen LogP contribution in [0.2, 0.25) is 5.02 Å². The molecule has 0 bridgehead atoms. The van der Waals surface area contributed by atoms with Gasteiger partial charge in [-0.1, -0.05) is 11.6 Å². The summed E-state index contributed by atoms with van der Waals surface area (Å²) in [6, 6.07) is 12.0. The Morgan fingerprint density at radius 1 is 1.14 bits per heavy atom. The number of halogens is 1. The highest BCUT2D eigenvalue weighted by atomic mass is 35.5. The van der Waals surface area contributed by atoms with Crippen LogP contribution in [0, 0.1) is 17.0 Å².